The van der Waals surface area contributed by atoms with E-state index in [4.69, 9.17) is 11.6 Å². The fraction of sp³-hybridized carbons (Fsp3) is 0.0870. The van der Waals surface area contributed by atoms with E-state index < -0.39 is 5.91 Å². The van der Waals surface area contributed by atoms with Crippen molar-refractivity contribution < 1.29 is 4.79 Å². The standard InChI is InChI=1S/C23H18ClN3O2/c24-19-10-8-17(9-11-19)15-27-21-18(7-4-12-25-21)13-20(23(27)29)22(28)26-14-16-5-2-1-3-6-16/h1-13H,14-15H2,(H,26,28). The van der Waals surface area contributed by atoms with Crippen molar-refractivity contribution in [2.75, 3.05) is 0 Å². The van der Waals surface area contributed by atoms with E-state index in [1.807, 2.05) is 48.5 Å². The normalized spacial score (nSPS) is 10.8. The molecule has 144 valence electrons. The number of hydrogen-bond donors (Lipinski definition) is 1. The predicted octanol–water partition coefficient (Wildman–Crippen LogP) is 4.03. The van der Waals surface area contributed by atoms with Gasteiger partial charge < -0.3 is 5.32 Å². The number of nitrogens with zero attached hydrogens (tertiary/aromatic N) is 2. The maximum atomic E-state index is 13.1. The van der Waals surface area contributed by atoms with Crippen LogP contribution in [0.2, 0.25) is 5.02 Å². The van der Waals surface area contributed by atoms with E-state index in [-0.39, 0.29) is 11.1 Å². The highest BCUT2D eigenvalue weighted by Gasteiger charge is 2.16. The average molecular weight is 404 g/mol. The zero-order chi connectivity index (χ0) is 20.2. The Hall–Kier alpha value is -3.44. The summed E-state index contributed by atoms with van der Waals surface area (Å²) in [6, 6.07) is 22.0. The third kappa shape index (κ3) is 4.20. The quantitative estimate of drug-likeness (QED) is 0.547. The van der Waals surface area contributed by atoms with Crippen LogP contribution in [0.1, 0.15) is 21.5 Å². The van der Waals surface area contributed by atoms with Gasteiger partial charge in [-0.1, -0.05) is 54.1 Å². The van der Waals surface area contributed by atoms with Gasteiger partial charge in [0, 0.05) is 23.2 Å². The molecule has 0 aliphatic rings. The topological polar surface area (TPSA) is 64.0 Å². The molecule has 5 nitrogen and oxygen atoms in total. The van der Waals surface area contributed by atoms with Gasteiger partial charge in [0.15, 0.2) is 0 Å². The number of hydrogen-bond acceptors (Lipinski definition) is 3. The van der Waals surface area contributed by atoms with Crippen LogP contribution in [0.25, 0.3) is 11.0 Å². The molecule has 4 rings (SSSR count). The molecule has 2 aromatic carbocycles. The molecule has 0 saturated heterocycles. The minimum absolute atomic E-state index is 0.0930. The Morgan fingerprint density at radius 1 is 0.966 bits per heavy atom. The summed E-state index contributed by atoms with van der Waals surface area (Å²) < 4.78 is 1.52. The van der Waals surface area contributed by atoms with Gasteiger partial charge in [0.2, 0.25) is 0 Å². The minimum Gasteiger partial charge on any atom is -0.348 e. The average Bonchev–Trinajstić information content (AvgIpc) is 2.76. The van der Waals surface area contributed by atoms with E-state index in [0.29, 0.717) is 23.8 Å². The molecule has 0 bridgehead atoms. The zero-order valence-corrected chi connectivity index (χ0v) is 16.3. The highest BCUT2D eigenvalue weighted by Crippen LogP contribution is 2.15. The van der Waals surface area contributed by atoms with Crippen molar-refractivity contribution in [1.29, 1.82) is 0 Å². The monoisotopic (exact) mass is 403 g/mol. The Morgan fingerprint density at radius 3 is 2.48 bits per heavy atom. The molecule has 0 saturated carbocycles. The zero-order valence-electron chi connectivity index (χ0n) is 15.5. The first-order valence-electron chi connectivity index (χ1n) is 9.17. The Balaban J connectivity index is 1.71. The number of carbonyl (C=O) groups excluding carboxylic acids is 1. The van der Waals surface area contributed by atoms with Crippen molar-refractivity contribution >= 4 is 28.5 Å². The molecule has 0 aliphatic heterocycles. The van der Waals surface area contributed by atoms with E-state index in [9.17, 15) is 9.59 Å². The lowest BCUT2D eigenvalue weighted by molar-refractivity contribution is 0.0949. The Bertz CT molecular complexity index is 1220. The van der Waals surface area contributed by atoms with Gasteiger partial charge in [0.05, 0.1) is 6.54 Å². The predicted molar refractivity (Wildman–Crippen MR) is 114 cm³/mol. The first-order valence-corrected chi connectivity index (χ1v) is 9.55. The number of rotatable bonds is 5. The number of aromatic nitrogens is 2. The van der Waals surface area contributed by atoms with E-state index in [1.165, 1.54) is 4.57 Å². The van der Waals surface area contributed by atoms with Crippen molar-refractivity contribution in [3.05, 3.63) is 111 Å². The van der Waals surface area contributed by atoms with E-state index >= 15 is 0 Å². The van der Waals surface area contributed by atoms with Gasteiger partial charge in [0.25, 0.3) is 11.5 Å². The second-order valence-corrected chi connectivity index (χ2v) is 7.10. The van der Waals surface area contributed by atoms with Crippen LogP contribution in [-0.2, 0) is 13.1 Å². The minimum atomic E-state index is -0.408. The molecule has 0 spiro atoms. The highest BCUT2D eigenvalue weighted by molar-refractivity contribution is 6.30. The van der Waals surface area contributed by atoms with Crippen molar-refractivity contribution in [3.8, 4) is 0 Å². The molecular formula is C23H18ClN3O2. The molecule has 2 aromatic heterocycles. The van der Waals surface area contributed by atoms with Crippen LogP contribution in [0.15, 0.2) is 83.8 Å². The molecule has 1 amide bonds. The maximum Gasteiger partial charge on any atom is 0.265 e. The number of halogens is 1. The first kappa shape index (κ1) is 18.9. The number of amides is 1. The van der Waals surface area contributed by atoms with Gasteiger partial charge in [-0.05, 0) is 41.5 Å². The fourth-order valence-electron chi connectivity index (χ4n) is 3.16. The molecule has 4 aromatic rings. The molecular weight excluding hydrogens is 386 g/mol. The second kappa shape index (κ2) is 8.29. The van der Waals surface area contributed by atoms with Crippen LogP contribution in [0.5, 0.6) is 0 Å². The smallest absolute Gasteiger partial charge is 0.265 e. The largest absolute Gasteiger partial charge is 0.348 e. The van der Waals surface area contributed by atoms with Crippen LogP contribution in [-0.4, -0.2) is 15.5 Å². The Kier molecular flexibility index (Phi) is 5.40. The molecule has 0 unspecified atom stereocenters. The van der Waals surface area contributed by atoms with Gasteiger partial charge >= 0.3 is 0 Å². The highest BCUT2D eigenvalue weighted by atomic mass is 35.5. The maximum absolute atomic E-state index is 13.1. The molecule has 6 heteroatoms. The molecule has 2 heterocycles. The third-order valence-corrected chi connectivity index (χ3v) is 4.89. The van der Waals surface area contributed by atoms with Gasteiger partial charge in [-0.2, -0.15) is 0 Å². The van der Waals surface area contributed by atoms with Crippen LogP contribution in [0, 0.1) is 0 Å². The summed E-state index contributed by atoms with van der Waals surface area (Å²) in [5, 5.41) is 4.18. The second-order valence-electron chi connectivity index (χ2n) is 6.66. The van der Waals surface area contributed by atoms with Crippen LogP contribution in [0.3, 0.4) is 0 Å². The molecule has 0 atom stereocenters. The lowest BCUT2D eigenvalue weighted by Gasteiger charge is -2.12. The van der Waals surface area contributed by atoms with Gasteiger partial charge in [-0.25, -0.2) is 4.98 Å². The van der Waals surface area contributed by atoms with Crippen LogP contribution < -0.4 is 10.9 Å². The fourth-order valence-corrected chi connectivity index (χ4v) is 3.29. The third-order valence-electron chi connectivity index (χ3n) is 4.64. The van der Waals surface area contributed by atoms with Gasteiger partial charge in [-0.15, -0.1) is 0 Å². The number of nitrogens with one attached hydrogen (secondary N) is 1. The summed E-state index contributed by atoms with van der Waals surface area (Å²) in [5.74, 6) is -0.408. The van der Waals surface area contributed by atoms with E-state index in [1.54, 1.807) is 30.5 Å². The Labute approximate surface area is 172 Å². The first-order chi connectivity index (χ1) is 14.1. The molecule has 0 fully saturated rings. The van der Waals surface area contributed by atoms with Gasteiger partial charge in [0.1, 0.15) is 11.2 Å². The SMILES string of the molecule is O=C(NCc1ccccc1)c1cc2cccnc2n(Cc2ccc(Cl)cc2)c1=O. The number of benzene rings is 2. The van der Waals surface area contributed by atoms with Crippen molar-refractivity contribution in [2.24, 2.45) is 0 Å². The molecule has 29 heavy (non-hydrogen) atoms. The van der Waals surface area contributed by atoms with Gasteiger partial charge in [-0.3, -0.25) is 14.2 Å². The molecule has 0 aliphatic carbocycles. The van der Waals surface area contributed by atoms with Crippen LogP contribution in [0.4, 0.5) is 0 Å². The van der Waals surface area contributed by atoms with E-state index in [2.05, 4.69) is 10.3 Å². The molecule has 1 N–H and O–H groups in total. The van der Waals surface area contributed by atoms with Crippen molar-refractivity contribution in [3.63, 3.8) is 0 Å². The Morgan fingerprint density at radius 2 is 1.72 bits per heavy atom. The summed E-state index contributed by atoms with van der Waals surface area (Å²) in [6.07, 6.45) is 1.63. The lowest BCUT2D eigenvalue weighted by atomic mass is 10.1. The number of fused-ring (bicyclic) bond motifs is 1. The van der Waals surface area contributed by atoms with Crippen LogP contribution >= 0.6 is 11.6 Å². The lowest BCUT2D eigenvalue weighted by Crippen LogP contribution is -2.33. The van der Waals surface area contributed by atoms with E-state index in [0.717, 1.165) is 16.5 Å². The number of pyridine rings is 2. The summed E-state index contributed by atoms with van der Waals surface area (Å²) in [5.41, 5.74) is 2.11. The molecule has 0 radical (unpaired) electrons. The summed E-state index contributed by atoms with van der Waals surface area (Å²) in [7, 11) is 0. The van der Waals surface area contributed by atoms with Crippen molar-refractivity contribution in [2.45, 2.75) is 13.1 Å². The summed E-state index contributed by atoms with van der Waals surface area (Å²) in [4.78, 5) is 30.3. The summed E-state index contributed by atoms with van der Waals surface area (Å²) in [6.45, 7) is 0.644. The number of carbonyl (C=O) groups is 1. The van der Waals surface area contributed by atoms with Crippen molar-refractivity contribution in [1.82, 2.24) is 14.9 Å². The summed E-state index contributed by atoms with van der Waals surface area (Å²) >= 11 is 5.96.